The lowest BCUT2D eigenvalue weighted by molar-refractivity contribution is -0.119. The van der Waals surface area contributed by atoms with Crippen molar-refractivity contribution >= 4 is 29.4 Å². The van der Waals surface area contributed by atoms with Gasteiger partial charge >= 0.3 is 5.97 Å². The van der Waals surface area contributed by atoms with Crippen molar-refractivity contribution in [3.63, 3.8) is 0 Å². The molecule has 1 N–H and O–H groups in total. The van der Waals surface area contributed by atoms with E-state index in [2.05, 4.69) is 15.3 Å². The molecule has 10 nitrogen and oxygen atoms in total. The highest BCUT2D eigenvalue weighted by Gasteiger charge is 2.16. The van der Waals surface area contributed by atoms with Gasteiger partial charge in [-0.25, -0.2) is 4.79 Å². The third-order valence-electron chi connectivity index (χ3n) is 4.42. The lowest BCUT2D eigenvalue weighted by Crippen LogP contribution is -2.22. The molecule has 0 unspecified atom stereocenters. The topological polar surface area (TPSA) is 118 Å². The van der Waals surface area contributed by atoms with Crippen LogP contribution < -0.4 is 24.3 Å². The van der Waals surface area contributed by atoms with E-state index in [1.807, 2.05) is 18.2 Å². The summed E-state index contributed by atoms with van der Waals surface area (Å²) in [6.07, 6.45) is 0. The summed E-state index contributed by atoms with van der Waals surface area (Å²) in [5.41, 5.74) is 0.979. The molecule has 0 aliphatic heterocycles. The Kier molecular flexibility index (Phi) is 8.47. The third kappa shape index (κ3) is 6.48. The van der Waals surface area contributed by atoms with Crippen molar-refractivity contribution in [1.82, 2.24) is 9.97 Å². The average molecular weight is 488 g/mol. The average Bonchev–Trinajstić information content (AvgIpc) is 2.86. The summed E-state index contributed by atoms with van der Waals surface area (Å²) >= 11 is 6.15. The Morgan fingerprint density at radius 3 is 2.26 bits per heavy atom. The van der Waals surface area contributed by atoms with Gasteiger partial charge < -0.3 is 23.7 Å². The van der Waals surface area contributed by atoms with Crippen LogP contribution in [-0.2, 0) is 16.1 Å². The molecule has 178 valence electrons. The minimum absolute atomic E-state index is 0.0565. The maximum absolute atomic E-state index is 12.4. The van der Waals surface area contributed by atoms with E-state index < -0.39 is 18.5 Å². The SMILES string of the molecule is COc1cc(OC)nc(NC(=O)COC(=O)c2ccc(OCc3ccccc3Cl)c(OC)c2)n1. The number of methoxy groups -OCH3 is 3. The Morgan fingerprint density at radius 1 is 0.912 bits per heavy atom. The number of anilines is 1. The van der Waals surface area contributed by atoms with Crippen molar-refractivity contribution < 1.29 is 33.3 Å². The number of carbonyl (C=O) groups is 2. The third-order valence-corrected chi connectivity index (χ3v) is 4.79. The van der Waals surface area contributed by atoms with Crippen molar-refractivity contribution in [2.24, 2.45) is 0 Å². The predicted octanol–water partition coefficient (Wildman–Crippen LogP) is 3.53. The summed E-state index contributed by atoms with van der Waals surface area (Å²) in [5, 5.41) is 2.99. The lowest BCUT2D eigenvalue weighted by Gasteiger charge is -2.13. The van der Waals surface area contributed by atoms with Crippen LogP contribution in [0.3, 0.4) is 0 Å². The molecule has 3 rings (SSSR count). The Hall–Kier alpha value is -4.05. The van der Waals surface area contributed by atoms with Crippen LogP contribution in [0.25, 0.3) is 0 Å². The summed E-state index contributed by atoms with van der Waals surface area (Å²) in [7, 11) is 4.27. The van der Waals surface area contributed by atoms with E-state index in [0.29, 0.717) is 16.5 Å². The number of aromatic nitrogens is 2. The summed E-state index contributed by atoms with van der Waals surface area (Å²) < 4.78 is 26.2. The second kappa shape index (κ2) is 11.7. The van der Waals surface area contributed by atoms with E-state index in [0.717, 1.165) is 5.56 Å². The van der Waals surface area contributed by atoms with Crippen LogP contribution in [0.1, 0.15) is 15.9 Å². The van der Waals surface area contributed by atoms with Crippen molar-refractivity contribution in [3.8, 4) is 23.3 Å². The van der Waals surface area contributed by atoms with Gasteiger partial charge in [-0.3, -0.25) is 10.1 Å². The molecule has 0 fully saturated rings. The molecule has 0 spiro atoms. The molecule has 0 saturated carbocycles. The van der Waals surface area contributed by atoms with Crippen molar-refractivity contribution in [1.29, 1.82) is 0 Å². The molecule has 0 aliphatic rings. The Bertz CT molecular complexity index is 1150. The van der Waals surface area contributed by atoms with E-state index in [9.17, 15) is 9.59 Å². The minimum Gasteiger partial charge on any atom is -0.493 e. The summed E-state index contributed by atoms with van der Waals surface area (Å²) in [6, 6.07) is 13.3. The first kappa shape index (κ1) is 24.6. The quantitative estimate of drug-likeness (QED) is 0.428. The number of nitrogens with zero attached hydrogens (tertiary/aromatic N) is 2. The molecule has 1 aromatic heterocycles. The zero-order valence-corrected chi connectivity index (χ0v) is 19.4. The monoisotopic (exact) mass is 487 g/mol. The van der Waals surface area contributed by atoms with E-state index in [4.69, 9.17) is 35.3 Å². The molecule has 0 bridgehead atoms. The number of benzene rings is 2. The number of ether oxygens (including phenoxy) is 5. The maximum Gasteiger partial charge on any atom is 0.338 e. The van der Waals surface area contributed by atoms with Crippen molar-refractivity contribution in [2.75, 3.05) is 33.3 Å². The van der Waals surface area contributed by atoms with Crippen LogP contribution in [0, 0.1) is 0 Å². The summed E-state index contributed by atoms with van der Waals surface area (Å²) in [4.78, 5) is 32.5. The van der Waals surface area contributed by atoms with Gasteiger partial charge in [-0.1, -0.05) is 29.8 Å². The molecule has 2 aromatic carbocycles. The number of nitrogens with one attached hydrogen (secondary N) is 1. The summed E-state index contributed by atoms with van der Waals surface area (Å²) in [5.74, 6) is -0.292. The molecule has 0 aliphatic carbocycles. The number of amides is 1. The first-order valence-electron chi connectivity index (χ1n) is 9.91. The highest BCUT2D eigenvalue weighted by Crippen LogP contribution is 2.30. The Morgan fingerprint density at radius 2 is 1.62 bits per heavy atom. The van der Waals surface area contributed by atoms with Gasteiger partial charge in [-0.15, -0.1) is 0 Å². The number of carbonyl (C=O) groups excluding carboxylic acids is 2. The first-order valence-corrected chi connectivity index (χ1v) is 10.3. The van der Waals surface area contributed by atoms with Crippen LogP contribution >= 0.6 is 11.6 Å². The number of hydrogen-bond donors (Lipinski definition) is 1. The van der Waals surface area contributed by atoms with Gasteiger partial charge in [0, 0.05) is 10.6 Å². The number of esters is 1. The fraction of sp³-hybridized carbons (Fsp3) is 0.217. The summed E-state index contributed by atoms with van der Waals surface area (Å²) in [6.45, 7) is -0.341. The van der Waals surface area contributed by atoms with Crippen LogP contribution in [-0.4, -0.2) is 49.8 Å². The number of halogens is 1. The predicted molar refractivity (Wildman–Crippen MR) is 123 cm³/mol. The zero-order chi connectivity index (χ0) is 24.5. The number of hydrogen-bond acceptors (Lipinski definition) is 9. The molecule has 0 radical (unpaired) electrons. The van der Waals surface area contributed by atoms with E-state index in [1.54, 1.807) is 12.1 Å². The van der Waals surface area contributed by atoms with E-state index >= 15 is 0 Å². The Balaban J connectivity index is 1.59. The van der Waals surface area contributed by atoms with Gasteiger partial charge in [0.05, 0.1) is 33.0 Å². The Labute approximate surface area is 200 Å². The molecule has 11 heteroatoms. The fourth-order valence-corrected chi connectivity index (χ4v) is 2.92. The second-order valence-electron chi connectivity index (χ2n) is 6.65. The van der Waals surface area contributed by atoms with Crippen LogP contribution in [0.4, 0.5) is 5.95 Å². The first-order chi connectivity index (χ1) is 16.4. The van der Waals surface area contributed by atoms with E-state index in [1.165, 1.54) is 39.5 Å². The van der Waals surface area contributed by atoms with Gasteiger partial charge in [-0.2, -0.15) is 9.97 Å². The molecule has 0 saturated heterocycles. The second-order valence-corrected chi connectivity index (χ2v) is 7.05. The molecular weight excluding hydrogens is 466 g/mol. The van der Waals surface area contributed by atoms with Gasteiger partial charge in [0.25, 0.3) is 5.91 Å². The molecule has 0 atom stereocenters. The largest absolute Gasteiger partial charge is 0.493 e. The lowest BCUT2D eigenvalue weighted by atomic mass is 10.2. The van der Waals surface area contributed by atoms with Gasteiger partial charge in [0.2, 0.25) is 17.7 Å². The number of rotatable bonds is 10. The van der Waals surface area contributed by atoms with Crippen LogP contribution in [0.5, 0.6) is 23.3 Å². The van der Waals surface area contributed by atoms with Gasteiger partial charge in [0.1, 0.15) is 6.61 Å². The van der Waals surface area contributed by atoms with E-state index in [-0.39, 0.29) is 29.9 Å². The van der Waals surface area contributed by atoms with Crippen molar-refractivity contribution in [3.05, 3.63) is 64.7 Å². The van der Waals surface area contributed by atoms with Gasteiger partial charge in [0.15, 0.2) is 18.1 Å². The highest BCUT2D eigenvalue weighted by molar-refractivity contribution is 6.31. The molecule has 1 heterocycles. The minimum atomic E-state index is -0.727. The smallest absolute Gasteiger partial charge is 0.338 e. The molecule has 1 amide bonds. The molecular formula is C23H22ClN3O7. The normalized spacial score (nSPS) is 10.2. The van der Waals surface area contributed by atoms with Crippen LogP contribution in [0.15, 0.2) is 48.5 Å². The fourth-order valence-electron chi connectivity index (χ4n) is 2.73. The standard InChI is InChI=1S/C23H22ClN3O7/c1-30-18-10-14(8-9-17(18)33-12-15-6-4-5-7-16(15)24)22(29)34-13-19(28)25-23-26-20(31-2)11-21(27-23)32-3/h4-11H,12-13H2,1-3H3,(H,25,26,27,28). The van der Waals surface area contributed by atoms with Gasteiger partial charge in [-0.05, 0) is 24.3 Å². The van der Waals surface area contributed by atoms with Crippen LogP contribution in [0.2, 0.25) is 5.02 Å². The molecule has 34 heavy (non-hydrogen) atoms. The maximum atomic E-state index is 12.4. The van der Waals surface area contributed by atoms with Crippen molar-refractivity contribution in [2.45, 2.75) is 6.61 Å². The highest BCUT2D eigenvalue weighted by atomic mass is 35.5. The molecule has 3 aromatic rings. The zero-order valence-electron chi connectivity index (χ0n) is 18.7.